The Hall–Kier alpha value is -2.19. The van der Waals surface area contributed by atoms with Crippen LogP contribution < -0.4 is 4.72 Å². The van der Waals surface area contributed by atoms with Gasteiger partial charge in [0.1, 0.15) is 6.33 Å². The number of nitrogens with one attached hydrogen (secondary N) is 1. The van der Waals surface area contributed by atoms with Crippen LogP contribution in [0.1, 0.15) is 11.1 Å². The highest BCUT2D eigenvalue weighted by atomic mass is 79.9. The molecule has 2 aromatic carbocycles. The Morgan fingerprint density at radius 3 is 2.62 bits per heavy atom. The van der Waals surface area contributed by atoms with Gasteiger partial charge in [0.05, 0.1) is 11.4 Å². The third kappa shape index (κ3) is 4.01. The first-order chi connectivity index (χ1) is 11.4. The molecule has 0 bridgehead atoms. The van der Waals surface area contributed by atoms with Crippen LogP contribution in [0.2, 0.25) is 0 Å². The fourth-order valence-electron chi connectivity index (χ4n) is 2.21. The quantitative estimate of drug-likeness (QED) is 0.705. The molecule has 0 aliphatic heterocycles. The van der Waals surface area contributed by atoms with Crippen LogP contribution >= 0.6 is 15.9 Å². The van der Waals surface area contributed by atoms with E-state index in [-0.39, 0.29) is 10.8 Å². The molecule has 3 rings (SSSR count). The van der Waals surface area contributed by atoms with E-state index in [0.29, 0.717) is 6.54 Å². The number of benzene rings is 2. The number of hydrogen-bond donors (Lipinski definition) is 1. The van der Waals surface area contributed by atoms with Gasteiger partial charge >= 0.3 is 0 Å². The number of sulfonamides is 1. The number of rotatable bonds is 5. The third-order valence-electron chi connectivity index (χ3n) is 3.31. The molecule has 0 spiro atoms. The fraction of sp³-hybridized carbons (Fsp3) is 0.125. The van der Waals surface area contributed by atoms with Crippen LogP contribution in [0.25, 0.3) is 0 Å². The lowest BCUT2D eigenvalue weighted by Crippen LogP contribution is -2.14. The van der Waals surface area contributed by atoms with Gasteiger partial charge in [-0.15, -0.1) is 5.10 Å². The Morgan fingerprint density at radius 2 is 1.92 bits per heavy atom. The van der Waals surface area contributed by atoms with Crippen LogP contribution in [0.15, 0.2) is 64.2 Å². The maximum Gasteiger partial charge on any atom is 0.264 e. The molecule has 0 aliphatic rings. The van der Waals surface area contributed by atoms with Crippen molar-refractivity contribution in [3.8, 4) is 0 Å². The minimum absolute atomic E-state index is 0.0468. The van der Waals surface area contributed by atoms with Crippen molar-refractivity contribution in [3.63, 3.8) is 0 Å². The summed E-state index contributed by atoms with van der Waals surface area (Å²) in [5.74, 6) is 0.0468. The number of anilines is 1. The topological polar surface area (TPSA) is 76.9 Å². The first-order valence-electron chi connectivity index (χ1n) is 7.16. The number of aromatic nitrogens is 3. The van der Waals surface area contributed by atoms with Gasteiger partial charge in [0.2, 0.25) is 0 Å². The van der Waals surface area contributed by atoms with E-state index in [9.17, 15) is 8.42 Å². The van der Waals surface area contributed by atoms with Crippen molar-refractivity contribution >= 4 is 31.9 Å². The van der Waals surface area contributed by atoms with Gasteiger partial charge in [0, 0.05) is 4.47 Å². The second kappa shape index (κ2) is 6.74. The van der Waals surface area contributed by atoms with E-state index >= 15 is 0 Å². The van der Waals surface area contributed by atoms with Crippen molar-refractivity contribution in [2.75, 3.05) is 4.72 Å². The Balaban J connectivity index is 1.75. The average Bonchev–Trinajstić information content (AvgIpc) is 2.94. The number of aryl methyl sites for hydroxylation is 1. The summed E-state index contributed by atoms with van der Waals surface area (Å²) in [5, 5.41) is 4.17. The number of hydrogen-bond acceptors (Lipinski definition) is 4. The molecule has 0 saturated heterocycles. The zero-order valence-electron chi connectivity index (χ0n) is 12.8. The van der Waals surface area contributed by atoms with Gasteiger partial charge in [0.15, 0.2) is 0 Å². The molecular weight excluding hydrogens is 392 g/mol. The van der Waals surface area contributed by atoms with Gasteiger partial charge in [-0.05, 0) is 36.8 Å². The summed E-state index contributed by atoms with van der Waals surface area (Å²) in [6.45, 7) is 2.54. The first-order valence-corrected chi connectivity index (χ1v) is 9.43. The highest BCUT2D eigenvalue weighted by molar-refractivity contribution is 9.10. The predicted molar refractivity (Wildman–Crippen MR) is 95.3 cm³/mol. The maximum absolute atomic E-state index is 12.3. The van der Waals surface area contributed by atoms with E-state index in [1.165, 1.54) is 18.5 Å². The molecule has 1 heterocycles. The lowest BCUT2D eigenvalue weighted by atomic mass is 10.1. The van der Waals surface area contributed by atoms with E-state index in [1.54, 1.807) is 16.8 Å². The Kier molecular flexibility index (Phi) is 4.68. The van der Waals surface area contributed by atoms with Crippen molar-refractivity contribution < 1.29 is 8.42 Å². The van der Waals surface area contributed by atoms with E-state index in [1.807, 2.05) is 31.2 Å². The largest absolute Gasteiger partial charge is 0.264 e. The molecule has 0 fully saturated rings. The van der Waals surface area contributed by atoms with E-state index < -0.39 is 10.0 Å². The minimum atomic E-state index is -3.71. The van der Waals surface area contributed by atoms with Gasteiger partial charge in [-0.3, -0.25) is 0 Å². The average molecular weight is 407 g/mol. The van der Waals surface area contributed by atoms with Crippen molar-refractivity contribution in [2.24, 2.45) is 0 Å². The molecule has 0 atom stereocenters. The molecule has 1 N–H and O–H groups in total. The standard InChI is InChI=1S/C16H15BrN4O2S/c1-12-3-2-4-13(9-12)10-21-11-18-16(19-21)20-24(22,23)15-7-5-14(17)6-8-15/h2-9,11H,10H2,1H3,(H,19,20). The molecule has 0 saturated carbocycles. The fourth-order valence-corrected chi connectivity index (χ4v) is 3.42. The second-order valence-electron chi connectivity index (χ2n) is 5.31. The monoisotopic (exact) mass is 406 g/mol. The maximum atomic E-state index is 12.3. The molecule has 0 radical (unpaired) electrons. The van der Waals surface area contributed by atoms with Crippen molar-refractivity contribution in [2.45, 2.75) is 18.4 Å². The summed E-state index contributed by atoms with van der Waals surface area (Å²) in [7, 11) is -3.71. The highest BCUT2D eigenvalue weighted by Crippen LogP contribution is 2.17. The van der Waals surface area contributed by atoms with Crippen molar-refractivity contribution in [1.29, 1.82) is 0 Å². The molecule has 124 valence electrons. The molecule has 0 aliphatic carbocycles. The summed E-state index contributed by atoms with van der Waals surface area (Å²) in [4.78, 5) is 4.17. The highest BCUT2D eigenvalue weighted by Gasteiger charge is 2.16. The third-order valence-corrected chi connectivity index (χ3v) is 5.19. The van der Waals surface area contributed by atoms with Gasteiger partial charge in [-0.1, -0.05) is 45.8 Å². The predicted octanol–water partition coefficient (Wildman–Crippen LogP) is 3.20. The lowest BCUT2D eigenvalue weighted by Gasteiger charge is -2.05. The van der Waals surface area contributed by atoms with Gasteiger partial charge in [-0.2, -0.15) is 4.98 Å². The second-order valence-corrected chi connectivity index (χ2v) is 7.91. The van der Waals surface area contributed by atoms with Crippen LogP contribution in [-0.2, 0) is 16.6 Å². The van der Waals surface area contributed by atoms with Crippen LogP contribution in [0, 0.1) is 6.92 Å². The molecule has 1 aromatic heterocycles. The summed E-state index contributed by atoms with van der Waals surface area (Å²) in [5.41, 5.74) is 2.23. The van der Waals surface area contributed by atoms with Crippen LogP contribution in [0.5, 0.6) is 0 Å². The Bertz CT molecular complexity index is 952. The molecule has 0 unspecified atom stereocenters. The van der Waals surface area contributed by atoms with Crippen LogP contribution in [0.3, 0.4) is 0 Å². The molecule has 8 heteroatoms. The molecule has 24 heavy (non-hydrogen) atoms. The zero-order valence-corrected chi connectivity index (χ0v) is 15.3. The first kappa shape index (κ1) is 16.7. The van der Waals surface area contributed by atoms with E-state index in [0.717, 1.165) is 15.6 Å². The lowest BCUT2D eigenvalue weighted by molar-refractivity contribution is 0.600. The summed E-state index contributed by atoms with van der Waals surface area (Å²) < 4.78 is 29.4. The van der Waals surface area contributed by atoms with Crippen LogP contribution in [-0.4, -0.2) is 23.2 Å². The molecular formula is C16H15BrN4O2S. The molecule has 3 aromatic rings. The van der Waals surface area contributed by atoms with Gasteiger partial charge < -0.3 is 0 Å². The number of halogens is 1. The van der Waals surface area contributed by atoms with Gasteiger partial charge in [0.25, 0.3) is 16.0 Å². The molecule has 0 amide bonds. The number of nitrogens with zero attached hydrogens (tertiary/aromatic N) is 3. The normalized spacial score (nSPS) is 11.4. The van der Waals surface area contributed by atoms with E-state index in [4.69, 9.17) is 0 Å². The minimum Gasteiger partial charge on any atom is -0.246 e. The zero-order chi connectivity index (χ0) is 17.2. The van der Waals surface area contributed by atoms with E-state index in [2.05, 4.69) is 30.7 Å². The molecule has 6 nitrogen and oxygen atoms in total. The van der Waals surface area contributed by atoms with Gasteiger partial charge in [-0.25, -0.2) is 17.8 Å². The van der Waals surface area contributed by atoms with Crippen molar-refractivity contribution in [1.82, 2.24) is 14.8 Å². The SMILES string of the molecule is Cc1cccc(Cn2cnc(NS(=O)(=O)c3ccc(Br)cc3)n2)c1. The summed E-state index contributed by atoms with van der Waals surface area (Å²) >= 11 is 3.28. The Morgan fingerprint density at radius 1 is 1.17 bits per heavy atom. The summed E-state index contributed by atoms with van der Waals surface area (Å²) in [6.07, 6.45) is 1.50. The smallest absolute Gasteiger partial charge is 0.246 e. The van der Waals surface area contributed by atoms with Crippen LogP contribution in [0.4, 0.5) is 5.95 Å². The van der Waals surface area contributed by atoms with Crippen molar-refractivity contribution in [3.05, 3.63) is 70.5 Å². The Labute approximate surface area is 148 Å². The summed E-state index contributed by atoms with van der Waals surface area (Å²) in [6, 6.07) is 14.4.